The molecule has 0 aromatic carbocycles. The molecule has 0 fully saturated rings. The van der Waals surface area contributed by atoms with Crippen LogP contribution in [0, 0.1) is 11.8 Å². The first-order valence-corrected chi connectivity index (χ1v) is 21.3. The summed E-state index contributed by atoms with van der Waals surface area (Å²) in [6, 6.07) is 0. The molecular weight excluding hydrogens is 598 g/mol. The molecule has 6 heteroatoms. The summed E-state index contributed by atoms with van der Waals surface area (Å²) >= 11 is 0. The van der Waals surface area contributed by atoms with E-state index in [1.165, 1.54) is 154 Å². The topological polar surface area (TPSA) is 82.4 Å². The van der Waals surface area contributed by atoms with Crippen LogP contribution in [0.25, 0.3) is 0 Å². The van der Waals surface area contributed by atoms with Gasteiger partial charge in [0.25, 0.3) is 0 Å². The van der Waals surface area contributed by atoms with Crippen molar-refractivity contribution in [2.24, 2.45) is 11.8 Å². The van der Waals surface area contributed by atoms with Gasteiger partial charge in [-0.05, 0) is 56.9 Å². The van der Waals surface area contributed by atoms with Crippen molar-refractivity contribution in [3.05, 3.63) is 0 Å². The molecule has 4 unspecified atom stereocenters. The number of aliphatic hydroxyl groups excluding tert-OH is 3. The molecule has 0 bridgehead atoms. The second-order valence-corrected chi connectivity index (χ2v) is 15.1. The van der Waals surface area contributed by atoms with E-state index < -0.39 is 12.2 Å². The van der Waals surface area contributed by atoms with Crippen LogP contribution >= 0.6 is 0 Å². The van der Waals surface area contributed by atoms with Gasteiger partial charge in [0.15, 0.2) is 0 Å². The van der Waals surface area contributed by atoms with Crippen LogP contribution in [-0.4, -0.2) is 85.1 Å². The molecule has 0 aromatic rings. The predicted octanol–water partition coefficient (Wildman–Crippen LogP) is 10.5. The first-order valence-electron chi connectivity index (χ1n) is 21.3. The molecule has 3 N–H and O–H groups in total. The molecule has 0 radical (unpaired) electrons. The van der Waals surface area contributed by atoms with E-state index in [2.05, 4.69) is 32.6 Å². The molecule has 0 heterocycles. The standard InChI is InChI=1S/C42H87NO5/c1-5-9-13-17-19-23-29-39(27-21-15-11-7-3)35-47-37-41(45)33-43(31-25-26-32-44)34-42(46)38-48-36-40(28-22-16-12-8-4)30-24-20-18-14-10-6-2/h39-42,44-46H,5-38H2,1-4H3. The number of nitrogens with zero attached hydrogens (tertiary/aromatic N) is 1. The quantitative estimate of drug-likeness (QED) is 0.0557. The van der Waals surface area contributed by atoms with Gasteiger partial charge in [0.2, 0.25) is 0 Å². The summed E-state index contributed by atoms with van der Waals surface area (Å²) < 4.78 is 12.3. The van der Waals surface area contributed by atoms with E-state index in [1.807, 2.05) is 0 Å². The van der Waals surface area contributed by atoms with Gasteiger partial charge < -0.3 is 24.8 Å². The van der Waals surface area contributed by atoms with Crippen molar-refractivity contribution in [1.29, 1.82) is 0 Å². The fourth-order valence-electron chi connectivity index (χ4n) is 6.92. The lowest BCUT2D eigenvalue weighted by Gasteiger charge is -2.28. The van der Waals surface area contributed by atoms with Crippen molar-refractivity contribution in [2.75, 3.05) is 52.7 Å². The summed E-state index contributed by atoms with van der Waals surface area (Å²) in [4.78, 5) is 2.13. The minimum absolute atomic E-state index is 0.168. The monoisotopic (exact) mass is 686 g/mol. The summed E-state index contributed by atoms with van der Waals surface area (Å²) in [5, 5.41) is 31.2. The van der Waals surface area contributed by atoms with Crippen LogP contribution in [0.3, 0.4) is 0 Å². The van der Waals surface area contributed by atoms with Gasteiger partial charge in [0.1, 0.15) is 0 Å². The zero-order valence-corrected chi connectivity index (χ0v) is 33.0. The largest absolute Gasteiger partial charge is 0.396 e. The molecule has 48 heavy (non-hydrogen) atoms. The van der Waals surface area contributed by atoms with Gasteiger partial charge in [0, 0.05) is 32.9 Å². The minimum Gasteiger partial charge on any atom is -0.396 e. The Morgan fingerprint density at radius 1 is 0.417 bits per heavy atom. The van der Waals surface area contributed by atoms with Crippen molar-refractivity contribution >= 4 is 0 Å². The first-order chi connectivity index (χ1) is 23.5. The van der Waals surface area contributed by atoms with E-state index in [1.54, 1.807) is 0 Å². The summed E-state index contributed by atoms with van der Waals surface area (Å²) in [7, 11) is 0. The van der Waals surface area contributed by atoms with Crippen LogP contribution in [0.5, 0.6) is 0 Å². The van der Waals surface area contributed by atoms with Gasteiger partial charge in [-0.2, -0.15) is 0 Å². The number of hydrogen-bond acceptors (Lipinski definition) is 6. The molecule has 6 nitrogen and oxygen atoms in total. The number of hydrogen-bond donors (Lipinski definition) is 3. The highest BCUT2D eigenvalue weighted by molar-refractivity contribution is 4.70. The van der Waals surface area contributed by atoms with Crippen molar-refractivity contribution < 1.29 is 24.8 Å². The third-order valence-electron chi connectivity index (χ3n) is 10.0. The lowest BCUT2D eigenvalue weighted by molar-refractivity contribution is -0.0215. The fourth-order valence-corrected chi connectivity index (χ4v) is 6.92. The zero-order chi connectivity index (χ0) is 35.3. The van der Waals surface area contributed by atoms with Crippen molar-refractivity contribution in [1.82, 2.24) is 4.90 Å². The van der Waals surface area contributed by atoms with Crippen molar-refractivity contribution in [3.63, 3.8) is 0 Å². The molecule has 290 valence electrons. The Kier molecular flexibility index (Phi) is 37.8. The molecular formula is C42H87NO5. The van der Waals surface area contributed by atoms with Crippen LogP contribution in [0.4, 0.5) is 0 Å². The summed E-state index contributed by atoms with van der Waals surface area (Å²) in [6.45, 7) is 13.1. The Hall–Kier alpha value is -0.240. The maximum Gasteiger partial charge on any atom is 0.0900 e. The minimum atomic E-state index is -0.591. The van der Waals surface area contributed by atoms with E-state index in [4.69, 9.17) is 9.47 Å². The van der Waals surface area contributed by atoms with Gasteiger partial charge in [-0.3, -0.25) is 4.90 Å². The first kappa shape index (κ1) is 47.8. The van der Waals surface area contributed by atoms with Crippen LogP contribution in [0.1, 0.15) is 195 Å². The molecule has 0 aliphatic heterocycles. The SMILES string of the molecule is CCCCCCCCC(CCCCCC)COCC(O)CN(CCCCO)CC(O)COCC(CCCCCC)CCCCCCCC. The van der Waals surface area contributed by atoms with E-state index in [-0.39, 0.29) is 6.61 Å². The van der Waals surface area contributed by atoms with Gasteiger partial charge in [0.05, 0.1) is 25.4 Å². The summed E-state index contributed by atoms with van der Waals surface area (Å²) in [5.41, 5.74) is 0. The smallest absolute Gasteiger partial charge is 0.0900 e. The Labute approximate surface area is 300 Å². The maximum atomic E-state index is 10.9. The number of aliphatic hydroxyl groups is 3. The second-order valence-electron chi connectivity index (χ2n) is 15.1. The molecule has 0 saturated heterocycles. The number of ether oxygens (including phenoxy) is 2. The van der Waals surface area contributed by atoms with Crippen LogP contribution in [0.2, 0.25) is 0 Å². The third-order valence-corrected chi connectivity index (χ3v) is 10.0. The summed E-state index contributed by atoms with van der Waals surface area (Å²) in [5.74, 6) is 1.16. The van der Waals surface area contributed by atoms with E-state index in [0.717, 1.165) is 32.6 Å². The van der Waals surface area contributed by atoms with Crippen LogP contribution in [0.15, 0.2) is 0 Å². The van der Waals surface area contributed by atoms with Crippen LogP contribution in [-0.2, 0) is 9.47 Å². The molecule has 0 spiro atoms. The van der Waals surface area contributed by atoms with Gasteiger partial charge in [-0.25, -0.2) is 0 Å². The zero-order valence-electron chi connectivity index (χ0n) is 33.0. The average molecular weight is 686 g/mol. The second kappa shape index (κ2) is 38.0. The highest BCUT2D eigenvalue weighted by atomic mass is 16.5. The highest BCUT2D eigenvalue weighted by Crippen LogP contribution is 2.21. The lowest BCUT2D eigenvalue weighted by atomic mass is 9.95. The fraction of sp³-hybridized carbons (Fsp3) is 1.00. The Balaban J connectivity index is 4.73. The average Bonchev–Trinajstić information content (AvgIpc) is 3.07. The number of unbranched alkanes of at least 4 members (excludes halogenated alkanes) is 17. The van der Waals surface area contributed by atoms with Crippen molar-refractivity contribution in [2.45, 2.75) is 207 Å². The Morgan fingerprint density at radius 2 is 0.750 bits per heavy atom. The van der Waals surface area contributed by atoms with E-state index in [0.29, 0.717) is 38.1 Å². The maximum absolute atomic E-state index is 10.9. The van der Waals surface area contributed by atoms with Gasteiger partial charge in [-0.15, -0.1) is 0 Å². The highest BCUT2D eigenvalue weighted by Gasteiger charge is 2.18. The predicted molar refractivity (Wildman–Crippen MR) is 207 cm³/mol. The summed E-state index contributed by atoms with van der Waals surface area (Å²) in [6.07, 6.45) is 31.5. The van der Waals surface area contributed by atoms with Gasteiger partial charge in [-0.1, -0.05) is 156 Å². The molecule has 0 rings (SSSR count). The molecule has 0 aliphatic carbocycles. The Bertz CT molecular complexity index is 563. The van der Waals surface area contributed by atoms with E-state index in [9.17, 15) is 15.3 Å². The van der Waals surface area contributed by atoms with Crippen LogP contribution < -0.4 is 0 Å². The normalized spacial score (nSPS) is 14.5. The molecule has 4 atom stereocenters. The molecule has 0 aliphatic rings. The molecule has 0 saturated carbocycles. The third kappa shape index (κ3) is 32.9. The number of rotatable bonds is 40. The molecule has 0 amide bonds. The lowest BCUT2D eigenvalue weighted by Crippen LogP contribution is -2.41. The Morgan fingerprint density at radius 3 is 1.10 bits per heavy atom. The van der Waals surface area contributed by atoms with E-state index >= 15 is 0 Å². The molecule has 0 aromatic heterocycles. The van der Waals surface area contributed by atoms with Crippen molar-refractivity contribution in [3.8, 4) is 0 Å². The van der Waals surface area contributed by atoms with Gasteiger partial charge >= 0.3 is 0 Å².